The van der Waals surface area contributed by atoms with Crippen LogP contribution in [0.25, 0.3) is 11.4 Å². The normalized spacial score (nSPS) is 14.7. The molecule has 2 heterocycles. The van der Waals surface area contributed by atoms with Crippen molar-refractivity contribution in [3.05, 3.63) is 59.9 Å². The zero-order valence-corrected chi connectivity index (χ0v) is 19.4. The highest BCUT2D eigenvalue weighted by Gasteiger charge is 2.23. The van der Waals surface area contributed by atoms with Gasteiger partial charge in [-0.1, -0.05) is 25.8 Å². The number of benzene rings is 1. The van der Waals surface area contributed by atoms with Crippen molar-refractivity contribution in [3.8, 4) is 17.1 Å². The van der Waals surface area contributed by atoms with E-state index in [-0.39, 0.29) is 11.4 Å². The molecule has 4 rings (SSSR count). The van der Waals surface area contributed by atoms with Gasteiger partial charge in [0.2, 0.25) is 10.0 Å². The van der Waals surface area contributed by atoms with E-state index in [2.05, 4.69) is 9.71 Å². The second-order valence-electron chi connectivity index (χ2n) is 8.22. The minimum absolute atomic E-state index is 0.120. The van der Waals surface area contributed by atoms with Gasteiger partial charge in [-0.3, -0.25) is 9.67 Å². The third-order valence-electron chi connectivity index (χ3n) is 5.75. The average Bonchev–Trinajstić information content (AvgIpc) is 3.47. The van der Waals surface area contributed by atoms with Crippen LogP contribution in [0.5, 0.6) is 5.75 Å². The van der Waals surface area contributed by atoms with Crippen molar-refractivity contribution in [2.24, 2.45) is 0 Å². The van der Waals surface area contributed by atoms with Crippen LogP contribution in [-0.4, -0.2) is 29.8 Å². The van der Waals surface area contributed by atoms with Crippen LogP contribution in [0.15, 0.2) is 53.6 Å². The van der Waals surface area contributed by atoms with E-state index in [9.17, 15) is 8.42 Å². The minimum Gasteiger partial charge on any atom is -0.493 e. The number of pyridine rings is 1. The maximum Gasteiger partial charge on any atom is 0.240 e. The van der Waals surface area contributed by atoms with Gasteiger partial charge in [0.15, 0.2) is 0 Å². The lowest BCUT2D eigenvalue weighted by Gasteiger charge is -2.13. The largest absolute Gasteiger partial charge is 0.493 e. The molecule has 1 aliphatic rings. The zero-order chi connectivity index (χ0) is 22.6. The summed E-state index contributed by atoms with van der Waals surface area (Å²) in [6.45, 7) is 4.61. The molecule has 1 saturated carbocycles. The Kier molecular flexibility index (Phi) is 6.91. The molecular formula is C24H30N4O3S. The number of hydrogen-bond donors (Lipinski definition) is 1. The number of hydrogen-bond acceptors (Lipinski definition) is 5. The first-order valence-corrected chi connectivity index (χ1v) is 12.7. The van der Waals surface area contributed by atoms with Crippen LogP contribution in [0.4, 0.5) is 0 Å². The average molecular weight is 455 g/mol. The van der Waals surface area contributed by atoms with Gasteiger partial charge in [0.05, 0.1) is 41.2 Å². The van der Waals surface area contributed by atoms with Crippen molar-refractivity contribution in [2.45, 2.75) is 63.4 Å². The lowest BCUT2D eigenvalue weighted by molar-refractivity contribution is 0.315. The first kappa shape index (κ1) is 22.5. The Bertz CT molecular complexity index is 1150. The SMILES string of the molecule is CCCOc1ccc(S(=O)(=O)NCc2cc(-c3ccccn3)n(C3CCCC3)n2)cc1C. The van der Waals surface area contributed by atoms with E-state index in [1.807, 2.05) is 42.8 Å². The number of aryl methyl sites for hydroxylation is 1. The Morgan fingerprint density at radius 1 is 1.16 bits per heavy atom. The molecule has 0 radical (unpaired) electrons. The number of aromatic nitrogens is 3. The van der Waals surface area contributed by atoms with E-state index in [1.165, 1.54) is 12.8 Å². The van der Waals surface area contributed by atoms with Gasteiger partial charge < -0.3 is 4.74 Å². The fourth-order valence-electron chi connectivity index (χ4n) is 4.08. The molecule has 0 spiro atoms. The molecule has 0 saturated heterocycles. The Labute approximate surface area is 189 Å². The Hall–Kier alpha value is -2.71. The Balaban J connectivity index is 1.53. The van der Waals surface area contributed by atoms with E-state index in [0.29, 0.717) is 24.1 Å². The van der Waals surface area contributed by atoms with Gasteiger partial charge in [-0.25, -0.2) is 13.1 Å². The summed E-state index contributed by atoms with van der Waals surface area (Å²) in [6.07, 6.45) is 7.20. The Morgan fingerprint density at radius 2 is 1.97 bits per heavy atom. The highest BCUT2D eigenvalue weighted by atomic mass is 32.2. The van der Waals surface area contributed by atoms with Crippen LogP contribution in [0.3, 0.4) is 0 Å². The third kappa shape index (κ3) is 5.02. The Morgan fingerprint density at radius 3 is 2.66 bits per heavy atom. The first-order chi connectivity index (χ1) is 15.5. The number of nitrogens with one attached hydrogen (secondary N) is 1. The van der Waals surface area contributed by atoms with Gasteiger partial charge in [-0.15, -0.1) is 0 Å². The van der Waals surface area contributed by atoms with Crippen molar-refractivity contribution in [3.63, 3.8) is 0 Å². The lowest BCUT2D eigenvalue weighted by atomic mass is 10.2. The lowest BCUT2D eigenvalue weighted by Crippen LogP contribution is -2.23. The van der Waals surface area contributed by atoms with Crippen molar-refractivity contribution in [1.29, 1.82) is 0 Å². The van der Waals surface area contributed by atoms with Crippen molar-refractivity contribution >= 4 is 10.0 Å². The molecule has 7 nitrogen and oxygen atoms in total. The van der Waals surface area contributed by atoms with E-state index in [1.54, 1.807) is 24.4 Å². The van der Waals surface area contributed by atoms with Crippen LogP contribution in [0.2, 0.25) is 0 Å². The van der Waals surface area contributed by atoms with E-state index in [0.717, 1.165) is 36.2 Å². The second-order valence-corrected chi connectivity index (χ2v) is 9.99. The summed E-state index contributed by atoms with van der Waals surface area (Å²) >= 11 is 0. The van der Waals surface area contributed by atoms with Gasteiger partial charge in [0.1, 0.15) is 5.75 Å². The molecule has 32 heavy (non-hydrogen) atoms. The fraction of sp³-hybridized carbons (Fsp3) is 0.417. The van der Waals surface area contributed by atoms with Crippen molar-refractivity contribution < 1.29 is 13.2 Å². The van der Waals surface area contributed by atoms with Gasteiger partial charge in [0.25, 0.3) is 0 Å². The second kappa shape index (κ2) is 9.83. The predicted octanol–water partition coefficient (Wildman–Crippen LogP) is 4.64. The standard InChI is InChI=1S/C24H30N4O3S/c1-3-14-31-24-12-11-21(15-18(24)2)32(29,30)26-17-19-16-23(22-10-6-7-13-25-22)28(27-19)20-8-4-5-9-20/h6-7,10-13,15-16,20,26H,3-5,8-9,14,17H2,1-2H3. The molecule has 0 aliphatic heterocycles. The number of sulfonamides is 1. The van der Waals surface area contributed by atoms with Crippen LogP contribution in [0.1, 0.15) is 56.3 Å². The fourth-order valence-corrected chi connectivity index (χ4v) is 5.16. The van der Waals surface area contributed by atoms with Crippen LogP contribution < -0.4 is 9.46 Å². The zero-order valence-electron chi connectivity index (χ0n) is 18.6. The summed E-state index contributed by atoms with van der Waals surface area (Å²) in [5, 5.41) is 4.76. The van der Waals surface area contributed by atoms with Crippen molar-refractivity contribution in [2.75, 3.05) is 6.61 Å². The highest BCUT2D eigenvalue weighted by molar-refractivity contribution is 7.89. The summed E-state index contributed by atoms with van der Waals surface area (Å²) in [7, 11) is -3.68. The molecular weight excluding hydrogens is 424 g/mol. The molecule has 1 aromatic carbocycles. The van der Waals surface area contributed by atoms with Crippen LogP contribution >= 0.6 is 0 Å². The maximum atomic E-state index is 12.9. The van der Waals surface area contributed by atoms with Gasteiger partial charge in [0, 0.05) is 6.20 Å². The quantitative estimate of drug-likeness (QED) is 0.509. The molecule has 1 N–H and O–H groups in total. The summed E-state index contributed by atoms with van der Waals surface area (Å²) in [4.78, 5) is 4.70. The monoisotopic (exact) mass is 454 g/mol. The van der Waals surface area contributed by atoms with E-state index >= 15 is 0 Å². The minimum atomic E-state index is -3.68. The van der Waals surface area contributed by atoms with E-state index < -0.39 is 10.0 Å². The molecule has 0 bridgehead atoms. The molecule has 1 fully saturated rings. The molecule has 3 aromatic rings. The number of nitrogens with zero attached hydrogens (tertiary/aromatic N) is 3. The summed E-state index contributed by atoms with van der Waals surface area (Å²) in [6, 6.07) is 13.0. The molecule has 0 atom stereocenters. The van der Waals surface area contributed by atoms with Crippen LogP contribution in [-0.2, 0) is 16.6 Å². The highest BCUT2D eigenvalue weighted by Crippen LogP contribution is 2.33. The number of rotatable bonds is 9. The molecule has 8 heteroatoms. The summed E-state index contributed by atoms with van der Waals surface area (Å²) < 4.78 is 36.2. The van der Waals surface area contributed by atoms with Crippen LogP contribution in [0, 0.1) is 6.92 Å². The summed E-state index contributed by atoms with van der Waals surface area (Å²) in [5.74, 6) is 0.709. The molecule has 0 amide bonds. The topological polar surface area (TPSA) is 86.1 Å². The predicted molar refractivity (Wildman–Crippen MR) is 124 cm³/mol. The molecule has 1 aliphatic carbocycles. The number of ether oxygens (including phenoxy) is 1. The smallest absolute Gasteiger partial charge is 0.240 e. The summed E-state index contributed by atoms with van der Waals surface area (Å²) in [5.41, 5.74) is 3.25. The molecule has 2 aromatic heterocycles. The van der Waals surface area contributed by atoms with Gasteiger partial charge in [-0.2, -0.15) is 5.10 Å². The first-order valence-electron chi connectivity index (χ1n) is 11.2. The van der Waals surface area contributed by atoms with Gasteiger partial charge >= 0.3 is 0 Å². The van der Waals surface area contributed by atoms with E-state index in [4.69, 9.17) is 9.84 Å². The van der Waals surface area contributed by atoms with Crippen molar-refractivity contribution in [1.82, 2.24) is 19.5 Å². The third-order valence-corrected chi connectivity index (χ3v) is 7.14. The molecule has 170 valence electrons. The maximum absolute atomic E-state index is 12.9. The molecule has 0 unspecified atom stereocenters. The van der Waals surface area contributed by atoms with Gasteiger partial charge in [-0.05, 0) is 68.1 Å².